The molecule has 1 fully saturated rings. The quantitative estimate of drug-likeness (QED) is 0.774. The molecule has 0 amide bonds. The minimum absolute atomic E-state index is 0.147. The summed E-state index contributed by atoms with van der Waals surface area (Å²) < 4.78 is 24.6. The van der Waals surface area contributed by atoms with Gasteiger partial charge < -0.3 is 10.4 Å². The fraction of sp³-hybridized carbons (Fsp3) is 0.500. The average molecular weight is 312 g/mol. The maximum Gasteiger partial charge on any atom is 0.306 e. The number of hydrogen-bond acceptors (Lipinski definition) is 4. The van der Waals surface area contributed by atoms with E-state index in [2.05, 4.69) is 10.0 Å². The maximum atomic E-state index is 11.1. The zero-order valence-electron chi connectivity index (χ0n) is 11.9. The van der Waals surface area contributed by atoms with Crippen LogP contribution in [-0.2, 0) is 14.8 Å². The molecule has 6 nitrogen and oxygen atoms in total. The Balaban J connectivity index is 1.95. The van der Waals surface area contributed by atoms with Gasteiger partial charge in [-0.2, -0.15) is 0 Å². The highest BCUT2D eigenvalue weighted by atomic mass is 32.2. The predicted octanol–water partition coefficient (Wildman–Crippen LogP) is 2.11. The van der Waals surface area contributed by atoms with Gasteiger partial charge in [-0.3, -0.25) is 9.52 Å². The second-order valence-corrected chi connectivity index (χ2v) is 7.24. The summed E-state index contributed by atoms with van der Waals surface area (Å²) in [5.74, 6) is -1.00. The van der Waals surface area contributed by atoms with Gasteiger partial charge in [0.2, 0.25) is 10.0 Å². The summed E-state index contributed by atoms with van der Waals surface area (Å²) in [6.45, 7) is 0. The number of anilines is 2. The maximum absolute atomic E-state index is 11.1. The number of rotatable bonds is 5. The fourth-order valence-corrected chi connectivity index (χ4v) is 3.19. The Morgan fingerprint density at radius 1 is 1.19 bits per heavy atom. The topological polar surface area (TPSA) is 95.5 Å². The first-order valence-corrected chi connectivity index (χ1v) is 8.80. The summed E-state index contributed by atoms with van der Waals surface area (Å²) in [6.07, 6.45) is 4.33. The van der Waals surface area contributed by atoms with E-state index < -0.39 is 16.0 Å². The molecule has 1 aliphatic rings. The Kier molecular flexibility index (Phi) is 4.72. The lowest BCUT2D eigenvalue weighted by molar-refractivity contribution is -0.142. The van der Waals surface area contributed by atoms with Crippen molar-refractivity contribution in [3.8, 4) is 0 Å². The van der Waals surface area contributed by atoms with E-state index in [0.717, 1.165) is 31.2 Å². The second kappa shape index (κ2) is 6.34. The van der Waals surface area contributed by atoms with Crippen LogP contribution in [0, 0.1) is 5.92 Å². The van der Waals surface area contributed by atoms with E-state index in [9.17, 15) is 13.2 Å². The molecule has 0 saturated heterocycles. The summed E-state index contributed by atoms with van der Waals surface area (Å²) in [5, 5.41) is 12.4. The SMILES string of the molecule is CS(=O)(=O)Nc1ccc(NC2CCCC(C(=O)O)C2)cc1. The lowest BCUT2D eigenvalue weighted by Gasteiger charge is -2.28. The predicted molar refractivity (Wildman–Crippen MR) is 81.9 cm³/mol. The van der Waals surface area contributed by atoms with Gasteiger partial charge in [-0.05, 0) is 43.5 Å². The summed E-state index contributed by atoms with van der Waals surface area (Å²) in [5.41, 5.74) is 1.38. The van der Waals surface area contributed by atoms with E-state index in [4.69, 9.17) is 5.11 Å². The molecule has 1 aromatic rings. The number of carboxylic acid groups (broad SMARTS) is 1. The largest absolute Gasteiger partial charge is 0.481 e. The highest BCUT2D eigenvalue weighted by Crippen LogP contribution is 2.27. The lowest BCUT2D eigenvalue weighted by atomic mass is 9.85. The minimum atomic E-state index is -3.27. The van der Waals surface area contributed by atoms with E-state index in [1.165, 1.54) is 0 Å². The van der Waals surface area contributed by atoms with Crippen molar-refractivity contribution in [2.75, 3.05) is 16.3 Å². The summed E-state index contributed by atoms with van der Waals surface area (Å²) in [7, 11) is -3.27. The van der Waals surface area contributed by atoms with Gasteiger partial charge >= 0.3 is 5.97 Å². The monoisotopic (exact) mass is 312 g/mol. The first kappa shape index (κ1) is 15.6. The van der Waals surface area contributed by atoms with Gasteiger partial charge in [0.25, 0.3) is 0 Å². The van der Waals surface area contributed by atoms with Gasteiger partial charge in [-0.15, -0.1) is 0 Å². The first-order chi connectivity index (χ1) is 9.83. The Labute approximate surface area is 124 Å². The molecule has 0 radical (unpaired) electrons. The van der Waals surface area contributed by atoms with Crippen LogP contribution < -0.4 is 10.0 Å². The normalized spacial score (nSPS) is 22.5. The van der Waals surface area contributed by atoms with Crippen LogP contribution >= 0.6 is 0 Å². The van der Waals surface area contributed by atoms with E-state index in [-0.39, 0.29) is 12.0 Å². The van der Waals surface area contributed by atoms with E-state index in [1.807, 2.05) is 0 Å². The molecule has 0 aliphatic heterocycles. The van der Waals surface area contributed by atoms with Crippen LogP contribution in [0.4, 0.5) is 11.4 Å². The van der Waals surface area contributed by atoms with Crippen molar-refractivity contribution in [3.63, 3.8) is 0 Å². The van der Waals surface area contributed by atoms with Crippen LogP contribution in [0.5, 0.6) is 0 Å². The molecule has 2 rings (SSSR count). The molecule has 0 heterocycles. The molecule has 2 unspecified atom stereocenters. The highest BCUT2D eigenvalue weighted by molar-refractivity contribution is 7.92. The van der Waals surface area contributed by atoms with Crippen molar-refractivity contribution >= 4 is 27.4 Å². The molecule has 7 heteroatoms. The number of hydrogen-bond donors (Lipinski definition) is 3. The summed E-state index contributed by atoms with van der Waals surface area (Å²) >= 11 is 0. The van der Waals surface area contributed by atoms with Crippen molar-refractivity contribution in [1.82, 2.24) is 0 Å². The molecule has 2 atom stereocenters. The highest BCUT2D eigenvalue weighted by Gasteiger charge is 2.26. The molecule has 0 spiro atoms. The number of benzene rings is 1. The smallest absolute Gasteiger partial charge is 0.306 e. The summed E-state index contributed by atoms with van der Waals surface area (Å²) in [6, 6.07) is 7.09. The average Bonchev–Trinajstić information content (AvgIpc) is 2.40. The number of nitrogens with one attached hydrogen (secondary N) is 2. The Bertz CT molecular complexity index is 598. The van der Waals surface area contributed by atoms with Gasteiger partial charge in [-0.1, -0.05) is 6.42 Å². The van der Waals surface area contributed by atoms with E-state index >= 15 is 0 Å². The molecule has 0 bridgehead atoms. The molecular formula is C14H20N2O4S. The molecular weight excluding hydrogens is 292 g/mol. The zero-order valence-corrected chi connectivity index (χ0v) is 12.7. The van der Waals surface area contributed by atoms with Crippen LogP contribution in [0.2, 0.25) is 0 Å². The van der Waals surface area contributed by atoms with Gasteiger partial charge in [0.15, 0.2) is 0 Å². The van der Waals surface area contributed by atoms with Gasteiger partial charge in [0.1, 0.15) is 0 Å². The molecule has 116 valence electrons. The van der Waals surface area contributed by atoms with E-state index in [1.54, 1.807) is 24.3 Å². The third-order valence-electron chi connectivity index (χ3n) is 3.58. The summed E-state index contributed by atoms with van der Waals surface area (Å²) in [4.78, 5) is 11.0. The first-order valence-electron chi connectivity index (χ1n) is 6.91. The van der Waals surface area contributed by atoms with Crippen LogP contribution in [0.3, 0.4) is 0 Å². The molecule has 0 aromatic heterocycles. The van der Waals surface area contributed by atoms with Crippen molar-refractivity contribution < 1.29 is 18.3 Å². The van der Waals surface area contributed by atoms with Crippen molar-refractivity contribution in [2.24, 2.45) is 5.92 Å². The third-order valence-corrected chi connectivity index (χ3v) is 4.19. The van der Waals surface area contributed by atoms with Crippen molar-refractivity contribution in [1.29, 1.82) is 0 Å². The molecule has 1 aliphatic carbocycles. The number of carbonyl (C=O) groups is 1. The molecule has 3 N–H and O–H groups in total. The van der Waals surface area contributed by atoms with Gasteiger partial charge in [0, 0.05) is 17.4 Å². The molecule has 1 aromatic carbocycles. The number of sulfonamides is 1. The van der Waals surface area contributed by atoms with Crippen LogP contribution in [0.25, 0.3) is 0 Å². The van der Waals surface area contributed by atoms with Crippen LogP contribution in [0.1, 0.15) is 25.7 Å². The lowest BCUT2D eigenvalue weighted by Crippen LogP contribution is -2.30. The molecule has 1 saturated carbocycles. The second-order valence-electron chi connectivity index (χ2n) is 5.49. The zero-order chi connectivity index (χ0) is 15.5. The van der Waals surface area contributed by atoms with Crippen LogP contribution in [0.15, 0.2) is 24.3 Å². The van der Waals surface area contributed by atoms with Crippen molar-refractivity contribution in [2.45, 2.75) is 31.7 Å². The standard InChI is InChI=1S/C14H20N2O4S/c1-21(19,20)16-12-7-5-11(6-8-12)15-13-4-2-3-10(9-13)14(17)18/h5-8,10,13,15-16H,2-4,9H2,1H3,(H,17,18). The Morgan fingerprint density at radius 2 is 1.81 bits per heavy atom. The Hall–Kier alpha value is -1.76. The van der Waals surface area contributed by atoms with Gasteiger partial charge in [-0.25, -0.2) is 8.42 Å². The Morgan fingerprint density at radius 3 is 2.38 bits per heavy atom. The van der Waals surface area contributed by atoms with Crippen LogP contribution in [-0.4, -0.2) is 31.8 Å². The van der Waals surface area contributed by atoms with Crippen molar-refractivity contribution in [3.05, 3.63) is 24.3 Å². The minimum Gasteiger partial charge on any atom is -0.481 e. The fourth-order valence-electron chi connectivity index (χ4n) is 2.63. The molecule has 21 heavy (non-hydrogen) atoms. The van der Waals surface area contributed by atoms with E-state index in [0.29, 0.717) is 12.1 Å². The van der Waals surface area contributed by atoms with Gasteiger partial charge in [0.05, 0.1) is 12.2 Å². The number of carboxylic acids is 1. The third kappa shape index (κ3) is 4.93. The number of aliphatic carboxylic acids is 1.